The van der Waals surface area contributed by atoms with Crippen molar-refractivity contribution in [3.8, 4) is 0 Å². The van der Waals surface area contributed by atoms with Gasteiger partial charge in [-0.15, -0.1) is 0 Å². The standard InChI is InChI=1S/C15H24N2O2/c1-16-8-12(9-18)7-15(16)10-17(11-15)14(19)13-5-3-2-4-6-13/h5,12,18H,2-4,6-11H2,1H3/t12-/m1/s1. The molecule has 3 aliphatic rings. The molecule has 2 aliphatic heterocycles. The van der Waals surface area contributed by atoms with E-state index in [0.29, 0.717) is 5.92 Å². The number of likely N-dealkylation sites (tertiary alicyclic amines) is 2. The minimum atomic E-state index is 0.151. The molecule has 3 rings (SSSR count). The van der Waals surface area contributed by atoms with Gasteiger partial charge >= 0.3 is 0 Å². The van der Waals surface area contributed by atoms with Crippen molar-refractivity contribution in [1.82, 2.24) is 9.80 Å². The Kier molecular flexibility index (Phi) is 3.39. The van der Waals surface area contributed by atoms with Crippen LogP contribution in [0.15, 0.2) is 11.6 Å². The summed E-state index contributed by atoms with van der Waals surface area (Å²) in [6.07, 6.45) is 7.56. The molecule has 1 N–H and O–H groups in total. The Hall–Kier alpha value is -0.870. The van der Waals surface area contributed by atoms with Gasteiger partial charge in [-0.05, 0) is 45.1 Å². The zero-order valence-corrected chi connectivity index (χ0v) is 11.8. The Balaban J connectivity index is 1.60. The van der Waals surface area contributed by atoms with Gasteiger partial charge in [0.25, 0.3) is 0 Å². The van der Waals surface area contributed by atoms with Gasteiger partial charge in [-0.1, -0.05) is 6.08 Å². The van der Waals surface area contributed by atoms with Crippen molar-refractivity contribution in [3.63, 3.8) is 0 Å². The monoisotopic (exact) mass is 264 g/mol. The Labute approximate surface area is 115 Å². The maximum Gasteiger partial charge on any atom is 0.249 e. The van der Waals surface area contributed by atoms with E-state index in [-0.39, 0.29) is 18.1 Å². The van der Waals surface area contributed by atoms with E-state index in [1.807, 2.05) is 4.90 Å². The van der Waals surface area contributed by atoms with Crippen LogP contribution in [0.2, 0.25) is 0 Å². The average Bonchev–Trinajstić information content (AvgIpc) is 2.74. The fraction of sp³-hybridized carbons (Fsp3) is 0.800. The summed E-state index contributed by atoms with van der Waals surface area (Å²) in [7, 11) is 2.12. The molecule has 19 heavy (non-hydrogen) atoms. The number of carbonyl (C=O) groups excluding carboxylic acids is 1. The van der Waals surface area contributed by atoms with E-state index in [1.54, 1.807) is 0 Å². The molecule has 0 saturated carbocycles. The van der Waals surface area contributed by atoms with Crippen molar-refractivity contribution in [1.29, 1.82) is 0 Å². The Morgan fingerprint density at radius 2 is 2.26 bits per heavy atom. The molecule has 1 aliphatic carbocycles. The maximum atomic E-state index is 12.4. The fourth-order valence-electron chi connectivity index (χ4n) is 3.87. The van der Waals surface area contributed by atoms with Crippen LogP contribution in [0.4, 0.5) is 0 Å². The van der Waals surface area contributed by atoms with E-state index in [4.69, 9.17) is 0 Å². The first-order valence-corrected chi connectivity index (χ1v) is 7.45. The highest BCUT2D eigenvalue weighted by atomic mass is 16.3. The van der Waals surface area contributed by atoms with Gasteiger partial charge in [0.1, 0.15) is 0 Å². The summed E-state index contributed by atoms with van der Waals surface area (Å²) >= 11 is 0. The number of rotatable bonds is 2. The molecule has 0 aromatic heterocycles. The van der Waals surface area contributed by atoms with Crippen molar-refractivity contribution in [2.45, 2.75) is 37.6 Å². The van der Waals surface area contributed by atoms with Crippen LogP contribution in [-0.4, -0.2) is 59.6 Å². The van der Waals surface area contributed by atoms with Gasteiger partial charge in [0.2, 0.25) is 5.91 Å². The molecule has 4 nitrogen and oxygen atoms in total. The molecule has 2 saturated heterocycles. The lowest BCUT2D eigenvalue weighted by Gasteiger charge is -2.52. The number of hydrogen-bond acceptors (Lipinski definition) is 3. The van der Waals surface area contributed by atoms with Crippen molar-refractivity contribution >= 4 is 5.91 Å². The van der Waals surface area contributed by atoms with Crippen LogP contribution >= 0.6 is 0 Å². The molecule has 0 unspecified atom stereocenters. The molecule has 0 aromatic rings. The highest BCUT2D eigenvalue weighted by Crippen LogP contribution is 2.40. The summed E-state index contributed by atoms with van der Waals surface area (Å²) in [5, 5.41) is 9.30. The van der Waals surface area contributed by atoms with Crippen molar-refractivity contribution in [2.75, 3.05) is 33.3 Å². The third-order valence-electron chi connectivity index (χ3n) is 5.09. The third-order valence-corrected chi connectivity index (χ3v) is 5.09. The van der Waals surface area contributed by atoms with E-state index in [9.17, 15) is 9.90 Å². The second-order valence-electron chi connectivity index (χ2n) is 6.49. The average molecular weight is 264 g/mol. The second kappa shape index (κ2) is 4.91. The predicted octanol–water partition coefficient (Wildman–Crippen LogP) is 1.01. The third kappa shape index (κ3) is 2.21. The lowest BCUT2D eigenvalue weighted by Crippen LogP contribution is -2.68. The van der Waals surface area contributed by atoms with Gasteiger partial charge in [-0.2, -0.15) is 0 Å². The molecule has 4 heteroatoms. The van der Waals surface area contributed by atoms with Crippen LogP contribution in [0.1, 0.15) is 32.1 Å². The zero-order valence-electron chi connectivity index (χ0n) is 11.8. The molecule has 2 heterocycles. The molecule has 2 fully saturated rings. The van der Waals surface area contributed by atoms with Gasteiger partial charge in [-0.25, -0.2) is 0 Å². The van der Waals surface area contributed by atoms with Crippen LogP contribution in [0.3, 0.4) is 0 Å². The first-order valence-electron chi connectivity index (χ1n) is 7.45. The Bertz CT molecular complexity index is 399. The van der Waals surface area contributed by atoms with Gasteiger partial charge < -0.3 is 10.0 Å². The Morgan fingerprint density at radius 1 is 1.47 bits per heavy atom. The smallest absolute Gasteiger partial charge is 0.249 e. The number of allylic oxidation sites excluding steroid dienone is 1. The number of likely N-dealkylation sites (N-methyl/N-ethyl adjacent to an activating group) is 1. The van der Waals surface area contributed by atoms with E-state index in [1.165, 1.54) is 6.42 Å². The SMILES string of the molecule is CN1C[C@H](CO)CC12CN(C(=O)C1=CCCCC1)C2. The normalized spacial score (nSPS) is 30.3. The molecule has 0 aromatic carbocycles. The predicted molar refractivity (Wildman–Crippen MR) is 73.7 cm³/mol. The summed E-state index contributed by atoms with van der Waals surface area (Å²) in [4.78, 5) is 16.7. The van der Waals surface area contributed by atoms with Crippen molar-refractivity contribution < 1.29 is 9.90 Å². The van der Waals surface area contributed by atoms with E-state index in [2.05, 4.69) is 18.0 Å². The van der Waals surface area contributed by atoms with Gasteiger partial charge in [0.05, 0.1) is 5.54 Å². The highest BCUT2D eigenvalue weighted by Gasteiger charge is 2.53. The number of carbonyl (C=O) groups is 1. The number of amides is 1. The van der Waals surface area contributed by atoms with Gasteiger partial charge in [0.15, 0.2) is 0 Å². The summed E-state index contributed by atoms with van der Waals surface area (Å²) in [6.45, 7) is 2.92. The first kappa shape index (κ1) is 13.1. The maximum absolute atomic E-state index is 12.4. The minimum Gasteiger partial charge on any atom is -0.396 e. The molecular formula is C15H24N2O2. The largest absolute Gasteiger partial charge is 0.396 e. The van der Waals surface area contributed by atoms with Gasteiger partial charge in [0, 0.05) is 31.8 Å². The van der Waals surface area contributed by atoms with Crippen LogP contribution in [-0.2, 0) is 4.79 Å². The zero-order chi connectivity index (χ0) is 13.5. The molecular weight excluding hydrogens is 240 g/mol. The number of hydrogen-bond donors (Lipinski definition) is 1. The van der Waals surface area contributed by atoms with Crippen LogP contribution < -0.4 is 0 Å². The number of nitrogens with zero attached hydrogens (tertiary/aromatic N) is 2. The van der Waals surface area contributed by atoms with Crippen LogP contribution in [0.25, 0.3) is 0 Å². The quantitative estimate of drug-likeness (QED) is 0.809. The summed E-state index contributed by atoms with van der Waals surface area (Å²) < 4.78 is 0. The molecule has 1 amide bonds. The first-order chi connectivity index (χ1) is 9.14. The minimum absolute atomic E-state index is 0.151. The molecule has 106 valence electrons. The lowest BCUT2D eigenvalue weighted by atomic mass is 9.83. The number of aliphatic hydroxyl groups is 1. The van der Waals surface area contributed by atoms with E-state index >= 15 is 0 Å². The van der Waals surface area contributed by atoms with Crippen LogP contribution in [0, 0.1) is 5.92 Å². The highest BCUT2D eigenvalue weighted by molar-refractivity contribution is 5.94. The lowest BCUT2D eigenvalue weighted by molar-refractivity contribution is -0.139. The second-order valence-corrected chi connectivity index (χ2v) is 6.49. The van der Waals surface area contributed by atoms with Crippen molar-refractivity contribution in [3.05, 3.63) is 11.6 Å². The van der Waals surface area contributed by atoms with Gasteiger partial charge in [-0.3, -0.25) is 9.69 Å². The summed E-state index contributed by atoms with van der Waals surface area (Å²) in [5.74, 6) is 0.641. The topological polar surface area (TPSA) is 43.8 Å². The van der Waals surface area contributed by atoms with E-state index in [0.717, 1.165) is 50.9 Å². The van der Waals surface area contributed by atoms with Crippen molar-refractivity contribution in [2.24, 2.45) is 5.92 Å². The molecule has 0 radical (unpaired) electrons. The summed E-state index contributed by atoms with van der Waals surface area (Å²) in [6, 6.07) is 0. The Morgan fingerprint density at radius 3 is 2.84 bits per heavy atom. The fourth-order valence-corrected chi connectivity index (χ4v) is 3.87. The molecule has 1 atom stereocenters. The molecule has 1 spiro atoms. The molecule has 0 bridgehead atoms. The number of aliphatic hydroxyl groups excluding tert-OH is 1. The summed E-state index contributed by atoms with van der Waals surface area (Å²) in [5.41, 5.74) is 1.18. The van der Waals surface area contributed by atoms with Crippen LogP contribution in [0.5, 0.6) is 0 Å². The van der Waals surface area contributed by atoms with E-state index < -0.39 is 0 Å².